The fourth-order valence-electron chi connectivity index (χ4n) is 5.16. The van der Waals surface area contributed by atoms with E-state index in [9.17, 15) is 19.2 Å². The molecule has 0 spiro atoms. The molecule has 4 aromatic heterocycles. The van der Waals surface area contributed by atoms with Gasteiger partial charge in [0.25, 0.3) is 11.1 Å². The van der Waals surface area contributed by atoms with Crippen molar-refractivity contribution in [2.24, 2.45) is 0 Å². The SMILES string of the molecule is CCn1nc(-c2ccccc2)c(C(C)=O)c(Nc2cccnc2)c1=O.CCn1nc(-c2cccs2)c(C(C)=O)c(Nc2cccc(Cl)c2)c1=O. The van der Waals surface area contributed by atoms with Crippen molar-refractivity contribution in [3.63, 3.8) is 0 Å². The van der Waals surface area contributed by atoms with E-state index in [0.29, 0.717) is 40.9 Å². The van der Waals surface area contributed by atoms with E-state index in [1.165, 1.54) is 34.5 Å². The van der Waals surface area contributed by atoms with E-state index in [1.54, 1.807) is 48.8 Å². The van der Waals surface area contributed by atoms with Crippen LogP contribution in [0.1, 0.15) is 48.4 Å². The summed E-state index contributed by atoms with van der Waals surface area (Å²) in [5.41, 5.74) is 3.38. The molecule has 4 heterocycles. The van der Waals surface area contributed by atoms with Gasteiger partial charge in [0, 0.05) is 35.6 Å². The number of aromatic nitrogens is 5. The van der Waals surface area contributed by atoms with Crippen LogP contribution < -0.4 is 21.8 Å². The summed E-state index contributed by atoms with van der Waals surface area (Å²) in [6.45, 7) is 7.35. The minimum atomic E-state index is -0.340. The second kappa shape index (κ2) is 16.1. The van der Waals surface area contributed by atoms with Crippen molar-refractivity contribution in [2.45, 2.75) is 40.8 Å². The van der Waals surface area contributed by atoms with Crippen LogP contribution >= 0.6 is 22.9 Å². The smallest absolute Gasteiger partial charge is 0.291 e. The van der Waals surface area contributed by atoms with Crippen LogP contribution in [-0.4, -0.2) is 36.1 Å². The normalized spacial score (nSPS) is 10.6. The number of thiophene rings is 1. The third-order valence-electron chi connectivity index (χ3n) is 7.44. The molecule has 0 bridgehead atoms. The predicted molar refractivity (Wildman–Crippen MR) is 199 cm³/mol. The van der Waals surface area contributed by atoms with E-state index < -0.39 is 0 Å². The quantitative estimate of drug-likeness (QED) is 0.136. The molecule has 6 aromatic rings. The Labute approximate surface area is 297 Å². The molecular weight excluding hydrogens is 674 g/mol. The fraction of sp³-hybridized carbons (Fsp3) is 0.162. The summed E-state index contributed by atoms with van der Waals surface area (Å²) < 4.78 is 2.71. The van der Waals surface area contributed by atoms with E-state index in [-0.39, 0.29) is 45.2 Å². The molecule has 2 aromatic carbocycles. The first-order chi connectivity index (χ1) is 24.1. The van der Waals surface area contributed by atoms with Crippen LogP contribution in [0.15, 0.2) is 106 Å². The van der Waals surface area contributed by atoms with Gasteiger partial charge < -0.3 is 10.6 Å². The minimum Gasteiger partial charge on any atom is -0.350 e. The summed E-state index contributed by atoms with van der Waals surface area (Å²) in [6, 6.07) is 23.7. The maximum absolute atomic E-state index is 12.8. The Morgan fingerprint density at radius 2 is 1.34 bits per heavy atom. The summed E-state index contributed by atoms with van der Waals surface area (Å²) in [5, 5.41) is 17.4. The van der Waals surface area contributed by atoms with Gasteiger partial charge in [-0.2, -0.15) is 10.2 Å². The van der Waals surface area contributed by atoms with Gasteiger partial charge in [-0.25, -0.2) is 9.36 Å². The fourth-order valence-corrected chi connectivity index (χ4v) is 6.07. The monoisotopic (exact) mass is 707 g/mol. The van der Waals surface area contributed by atoms with Crippen LogP contribution in [0.3, 0.4) is 0 Å². The molecule has 6 rings (SSSR count). The number of carbonyl (C=O) groups excluding carboxylic acids is 2. The summed E-state index contributed by atoms with van der Waals surface area (Å²) in [6.07, 6.45) is 3.24. The van der Waals surface area contributed by atoms with E-state index in [2.05, 4.69) is 25.8 Å². The molecule has 0 saturated carbocycles. The number of anilines is 4. The van der Waals surface area contributed by atoms with Crippen molar-refractivity contribution in [3.05, 3.63) is 133 Å². The molecule has 0 amide bonds. The maximum atomic E-state index is 12.8. The number of hydrogen-bond acceptors (Lipinski definition) is 10. The Morgan fingerprint density at radius 1 is 0.740 bits per heavy atom. The van der Waals surface area contributed by atoms with Gasteiger partial charge in [0.1, 0.15) is 22.8 Å². The summed E-state index contributed by atoms with van der Waals surface area (Å²) in [5.74, 6) is -0.445. The molecule has 0 aliphatic rings. The number of halogens is 1. The molecule has 13 heteroatoms. The standard InChI is InChI=1S/C19H18N4O2.C18H16ClN3O2S/c1-3-23-19(25)18(21-15-10-7-11-20-12-15)16(13(2)24)17(22-23)14-8-5-4-6-9-14;1-3-22-18(24)17(20-13-7-4-6-12(19)10-13)15(11(2)23)16(21-22)14-8-5-9-25-14/h4-12,21H,3H2,1-2H3;4-10,20H,3H2,1-2H3. The van der Waals surface area contributed by atoms with Gasteiger partial charge in [-0.05, 0) is 69.5 Å². The first-order valence-electron chi connectivity index (χ1n) is 15.7. The third-order valence-corrected chi connectivity index (χ3v) is 8.55. The molecule has 0 aliphatic carbocycles. The van der Waals surface area contributed by atoms with Gasteiger partial charge in [-0.3, -0.25) is 24.2 Å². The van der Waals surface area contributed by atoms with Crippen LogP contribution in [0.4, 0.5) is 22.7 Å². The average Bonchev–Trinajstić information content (AvgIpc) is 3.66. The molecule has 0 radical (unpaired) electrons. The minimum absolute atomic E-state index is 0.218. The van der Waals surface area contributed by atoms with Crippen molar-refractivity contribution in [1.82, 2.24) is 24.5 Å². The lowest BCUT2D eigenvalue weighted by Crippen LogP contribution is -2.28. The van der Waals surface area contributed by atoms with E-state index in [1.807, 2.05) is 61.7 Å². The first kappa shape index (κ1) is 35.6. The van der Waals surface area contributed by atoms with Crippen LogP contribution in [0.5, 0.6) is 0 Å². The summed E-state index contributed by atoms with van der Waals surface area (Å²) >= 11 is 7.49. The number of aryl methyl sites for hydroxylation is 2. The van der Waals surface area contributed by atoms with E-state index >= 15 is 0 Å². The second-order valence-electron chi connectivity index (χ2n) is 10.9. The van der Waals surface area contributed by atoms with Crippen LogP contribution in [0.25, 0.3) is 21.8 Å². The number of hydrogen-bond donors (Lipinski definition) is 2. The molecule has 2 N–H and O–H groups in total. The molecule has 0 saturated heterocycles. The van der Waals surface area contributed by atoms with E-state index in [4.69, 9.17) is 11.6 Å². The Balaban J connectivity index is 0.000000194. The number of benzene rings is 2. The predicted octanol–water partition coefficient (Wildman–Crippen LogP) is 7.86. The lowest BCUT2D eigenvalue weighted by molar-refractivity contribution is 0.101. The summed E-state index contributed by atoms with van der Waals surface area (Å²) in [7, 11) is 0. The zero-order valence-corrected chi connectivity index (χ0v) is 29.4. The molecule has 0 unspecified atom stereocenters. The topological polar surface area (TPSA) is 141 Å². The van der Waals surface area contributed by atoms with Crippen molar-refractivity contribution in [1.29, 1.82) is 0 Å². The average molecular weight is 708 g/mol. The molecule has 11 nitrogen and oxygen atoms in total. The number of ketones is 2. The Kier molecular flexibility index (Phi) is 11.5. The van der Waals surface area contributed by atoms with Crippen LogP contribution in [-0.2, 0) is 13.1 Å². The van der Waals surface area contributed by atoms with Crippen LogP contribution in [0, 0.1) is 0 Å². The molecule has 254 valence electrons. The molecular formula is C37H34ClN7O4S. The molecule has 0 atom stereocenters. The Morgan fingerprint density at radius 3 is 1.88 bits per heavy atom. The second-order valence-corrected chi connectivity index (χ2v) is 12.3. The van der Waals surface area contributed by atoms with Gasteiger partial charge in [-0.1, -0.05) is 54.1 Å². The number of pyridine rings is 1. The number of rotatable bonds is 10. The Hall–Kier alpha value is -5.72. The zero-order chi connectivity index (χ0) is 35.8. The zero-order valence-electron chi connectivity index (χ0n) is 27.8. The number of nitrogens with zero attached hydrogens (tertiary/aromatic N) is 5. The molecule has 0 fully saturated rings. The summed E-state index contributed by atoms with van der Waals surface area (Å²) in [4.78, 5) is 55.1. The van der Waals surface area contributed by atoms with Crippen molar-refractivity contribution in [2.75, 3.05) is 10.6 Å². The Bertz CT molecular complexity index is 2250. The number of Topliss-reactive ketones (excluding diaryl/α,β-unsaturated/α-hetero) is 2. The number of nitrogens with one attached hydrogen (secondary N) is 2. The first-order valence-corrected chi connectivity index (χ1v) is 17.0. The highest BCUT2D eigenvalue weighted by atomic mass is 35.5. The molecule has 50 heavy (non-hydrogen) atoms. The lowest BCUT2D eigenvalue weighted by atomic mass is 10.0. The number of carbonyl (C=O) groups is 2. The van der Waals surface area contributed by atoms with Gasteiger partial charge in [0.2, 0.25) is 0 Å². The van der Waals surface area contributed by atoms with Crippen molar-refractivity contribution < 1.29 is 9.59 Å². The van der Waals surface area contributed by atoms with Crippen molar-refractivity contribution in [3.8, 4) is 21.8 Å². The van der Waals surface area contributed by atoms with Crippen molar-refractivity contribution >= 4 is 57.3 Å². The molecule has 0 aliphatic heterocycles. The van der Waals surface area contributed by atoms with Gasteiger partial charge in [0.05, 0.1) is 27.9 Å². The highest BCUT2D eigenvalue weighted by molar-refractivity contribution is 7.13. The lowest BCUT2D eigenvalue weighted by Gasteiger charge is -2.16. The van der Waals surface area contributed by atoms with E-state index in [0.717, 1.165) is 10.4 Å². The van der Waals surface area contributed by atoms with Gasteiger partial charge in [0.15, 0.2) is 11.6 Å². The van der Waals surface area contributed by atoms with Crippen LogP contribution in [0.2, 0.25) is 5.02 Å². The highest BCUT2D eigenvalue weighted by Crippen LogP contribution is 2.31. The van der Waals surface area contributed by atoms with Gasteiger partial charge >= 0.3 is 0 Å². The third kappa shape index (κ3) is 7.94. The largest absolute Gasteiger partial charge is 0.350 e. The highest BCUT2D eigenvalue weighted by Gasteiger charge is 2.23. The maximum Gasteiger partial charge on any atom is 0.291 e. The van der Waals surface area contributed by atoms with Gasteiger partial charge in [-0.15, -0.1) is 11.3 Å².